The van der Waals surface area contributed by atoms with Gasteiger partial charge < -0.3 is 4.98 Å². The number of piperidine rings is 1. The molecular formula is C22H20F3N5O2. The summed E-state index contributed by atoms with van der Waals surface area (Å²) in [6, 6.07) is 6.91. The molecule has 1 aliphatic heterocycles. The average molecular weight is 443 g/mol. The third-order valence-electron chi connectivity index (χ3n) is 6.09. The fraction of sp³-hybridized carbons (Fsp3) is 0.318. The van der Waals surface area contributed by atoms with Crippen LogP contribution in [0.15, 0.2) is 52.3 Å². The smallest absolute Gasteiger partial charge is 0.346 e. The number of H-pyrrole nitrogens is 2. The van der Waals surface area contributed by atoms with Gasteiger partial charge in [0.25, 0.3) is 5.56 Å². The lowest BCUT2D eigenvalue weighted by Crippen LogP contribution is -2.39. The molecule has 0 unspecified atom stereocenters. The van der Waals surface area contributed by atoms with Crippen LogP contribution in [0.3, 0.4) is 0 Å². The minimum absolute atomic E-state index is 0.105. The summed E-state index contributed by atoms with van der Waals surface area (Å²) in [5, 5.41) is 1.08. The van der Waals surface area contributed by atoms with Gasteiger partial charge in [-0.25, -0.2) is 9.78 Å². The first kappa shape index (κ1) is 20.5. The van der Waals surface area contributed by atoms with Crippen molar-refractivity contribution in [1.29, 1.82) is 0 Å². The van der Waals surface area contributed by atoms with E-state index in [9.17, 15) is 22.8 Å². The van der Waals surface area contributed by atoms with Crippen molar-refractivity contribution in [1.82, 2.24) is 24.4 Å². The number of fused-ring (bicyclic) bond motifs is 3. The van der Waals surface area contributed by atoms with Gasteiger partial charge in [-0.05, 0) is 36.6 Å². The molecule has 166 valence electrons. The lowest BCUT2D eigenvalue weighted by atomic mass is 10.0. The zero-order valence-electron chi connectivity index (χ0n) is 16.9. The van der Waals surface area contributed by atoms with E-state index < -0.39 is 23.0 Å². The monoisotopic (exact) mass is 443 g/mol. The number of benzene rings is 1. The Kier molecular flexibility index (Phi) is 4.89. The van der Waals surface area contributed by atoms with Gasteiger partial charge >= 0.3 is 11.9 Å². The molecule has 0 aliphatic carbocycles. The number of hydrogen-bond donors (Lipinski definition) is 2. The highest BCUT2D eigenvalue weighted by Crippen LogP contribution is 2.30. The van der Waals surface area contributed by atoms with Crippen LogP contribution in [0.1, 0.15) is 30.0 Å². The number of pyridine rings is 1. The van der Waals surface area contributed by atoms with E-state index in [4.69, 9.17) is 0 Å². The van der Waals surface area contributed by atoms with Crippen molar-refractivity contribution in [2.75, 3.05) is 13.1 Å². The molecule has 0 spiro atoms. The van der Waals surface area contributed by atoms with Crippen LogP contribution in [-0.4, -0.2) is 37.5 Å². The van der Waals surface area contributed by atoms with Crippen molar-refractivity contribution in [2.24, 2.45) is 0 Å². The molecule has 0 bridgehead atoms. The maximum absolute atomic E-state index is 12.8. The third-order valence-corrected chi connectivity index (χ3v) is 6.09. The Morgan fingerprint density at radius 1 is 1.03 bits per heavy atom. The van der Waals surface area contributed by atoms with E-state index in [0.717, 1.165) is 23.1 Å². The van der Waals surface area contributed by atoms with E-state index in [1.165, 1.54) is 18.3 Å². The van der Waals surface area contributed by atoms with Gasteiger partial charge in [0.15, 0.2) is 0 Å². The van der Waals surface area contributed by atoms with Crippen LogP contribution in [0.4, 0.5) is 13.2 Å². The number of hydrogen-bond acceptors (Lipinski definition) is 4. The zero-order valence-corrected chi connectivity index (χ0v) is 16.9. The van der Waals surface area contributed by atoms with Crippen molar-refractivity contribution in [3.8, 4) is 0 Å². The Morgan fingerprint density at radius 2 is 1.75 bits per heavy atom. The molecule has 1 saturated heterocycles. The Morgan fingerprint density at radius 3 is 2.44 bits per heavy atom. The second kappa shape index (κ2) is 7.63. The summed E-state index contributed by atoms with van der Waals surface area (Å²) in [7, 11) is 0. The second-order valence-electron chi connectivity index (χ2n) is 8.09. The number of aromatic amines is 2. The Hall–Kier alpha value is -3.40. The fourth-order valence-corrected chi connectivity index (χ4v) is 4.49. The number of alkyl halides is 3. The Bertz CT molecular complexity index is 1390. The molecule has 1 aromatic carbocycles. The first-order chi connectivity index (χ1) is 15.3. The molecular weight excluding hydrogens is 423 g/mol. The van der Waals surface area contributed by atoms with Crippen molar-refractivity contribution in [2.45, 2.75) is 31.6 Å². The van der Waals surface area contributed by atoms with E-state index in [0.29, 0.717) is 49.0 Å². The summed E-state index contributed by atoms with van der Waals surface area (Å²) >= 11 is 0. The molecule has 1 aliphatic rings. The summed E-state index contributed by atoms with van der Waals surface area (Å²) in [5.41, 5.74) is 0.425. The van der Waals surface area contributed by atoms with Crippen LogP contribution in [0.2, 0.25) is 0 Å². The first-order valence-electron chi connectivity index (χ1n) is 10.3. The molecule has 4 heterocycles. The van der Waals surface area contributed by atoms with Gasteiger partial charge in [0.05, 0.1) is 16.5 Å². The fourth-order valence-electron chi connectivity index (χ4n) is 4.49. The molecule has 2 N–H and O–H groups in total. The molecule has 3 aromatic heterocycles. The molecule has 0 saturated carbocycles. The standard InChI is InChI=1S/C22H20F3N5O2/c23-22(24,25)14-3-1-13(2-4-14)12-29-9-6-15(7-10-29)30-18-16-5-8-26-19(16)27-11-17(18)20(31)28-21(30)32/h1-5,8,11,15H,6-7,9-10,12H2,(H,26,27)(H,28,31,32). The van der Waals surface area contributed by atoms with Crippen molar-refractivity contribution >= 4 is 21.9 Å². The van der Waals surface area contributed by atoms with Crippen LogP contribution in [-0.2, 0) is 12.7 Å². The number of likely N-dealkylation sites (tertiary alicyclic amines) is 1. The van der Waals surface area contributed by atoms with E-state index >= 15 is 0 Å². The quantitative estimate of drug-likeness (QED) is 0.508. The van der Waals surface area contributed by atoms with Crippen LogP contribution < -0.4 is 11.2 Å². The minimum atomic E-state index is -4.34. The lowest BCUT2D eigenvalue weighted by molar-refractivity contribution is -0.137. The highest BCUT2D eigenvalue weighted by molar-refractivity contribution is 6.01. The van der Waals surface area contributed by atoms with Gasteiger partial charge in [0.1, 0.15) is 5.65 Å². The second-order valence-corrected chi connectivity index (χ2v) is 8.09. The van der Waals surface area contributed by atoms with Gasteiger partial charge in [0.2, 0.25) is 0 Å². The maximum atomic E-state index is 12.8. The number of aromatic nitrogens is 4. The molecule has 0 amide bonds. The number of rotatable bonds is 3. The highest BCUT2D eigenvalue weighted by atomic mass is 19.4. The molecule has 10 heteroatoms. The van der Waals surface area contributed by atoms with Crippen LogP contribution in [0, 0.1) is 0 Å². The average Bonchev–Trinajstić information content (AvgIpc) is 3.24. The molecule has 1 fully saturated rings. The molecule has 0 radical (unpaired) electrons. The molecule has 7 nitrogen and oxygen atoms in total. The van der Waals surface area contributed by atoms with Gasteiger partial charge in [-0.15, -0.1) is 0 Å². The summed E-state index contributed by atoms with van der Waals surface area (Å²) in [5.74, 6) is 0. The summed E-state index contributed by atoms with van der Waals surface area (Å²) in [4.78, 5) is 36.9. The van der Waals surface area contributed by atoms with Crippen molar-refractivity contribution in [3.05, 3.63) is 74.7 Å². The first-order valence-corrected chi connectivity index (χ1v) is 10.3. The minimum Gasteiger partial charge on any atom is -0.346 e. The van der Waals surface area contributed by atoms with E-state index in [1.54, 1.807) is 16.8 Å². The summed E-state index contributed by atoms with van der Waals surface area (Å²) < 4.78 is 39.9. The summed E-state index contributed by atoms with van der Waals surface area (Å²) in [6.07, 6.45) is 0.207. The Balaban J connectivity index is 1.38. The van der Waals surface area contributed by atoms with Gasteiger partial charge in [-0.3, -0.25) is 19.2 Å². The van der Waals surface area contributed by atoms with E-state index in [1.807, 2.05) is 0 Å². The van der Waals surface area contributed by atoms with Crippen LogP contribution in [0.5, 0.6) is 0 Å². The molecule has 5 rings (SSSR count). The van der Waals surface area contributed by atoms with Crippen molar-refractivity contribution in [3.63, 3.8) is 0 Å². The van der Waals surface area contributed by atoms with Crippen LogP contribution in [0.25, 0.3) is 21.9 Å². The largest absolute Gasteiger partial charge is 0.416 e. The number of nitrogens with zero attached hydrogens (tertiary/aromatic N) is 3. The molecule has 4 aromatic rings. The number of halogens is 3. The zero-order chi connectivity index (χ0) is 22.5. The maximum Gasteiger partial charge on any atom is 0.416 e. The lowest BCUT2D eigenvalue weighted by Gasteiger charge is -2.33. The third kappa shape index (κ3) is 3.60. The highest BCUT2D eigenvalue weighted by Gasteiger charge is 2.30. The van der Waals surface area contributed by atoms with Gasteiger partial charge in [-0.1, -0.05) is 12.1 Å². The molecule has 32 heavy (non-hydrogen) atoms. The summed E-state index contributed by atoms with van der Waals surface area (Å²) in [6.45, 7) is 1.90. The van der Waals surface area contributed by atoms with E-state index in [2.05, 4.69) is 19.9 Å². The van der Waals surface area contributed by atoms with Crippen molar-refractivity contribution < 1.29 is 13.2 Å². The van der Waals surface area contributed by atoms with Gasteiger partial charge in [0, 0.05) is 43.5 Å². The van der Waals surface area contributed by atoms with Crippen LogP contribution >= 0.6 is 0 Å². The topological polar surface area (TPSA) is 86.8 Å². The predicted octanol–water partition coefficient (Wildman–Crippen LogP) is 3.42. The SMILES string of the molecule is O=c1[nH]c(=O)n(C2CCN(Cc3ccc(C(F)(F)F)cc3)CC2)c2c1cnc1[nH]ccc12. The predicted molar refractivity (Wildman–Crippen MR) is 113 cm³/mol. The van der Waals surface area contributed by atoms with E-state index in [-0.39, 0.29) is 6.04 Å². The normalized spacial score (nSPS) is 16.2. The number of nitrogens with one attached hydrogen (secondary N) is 2. The molecule has 0 atom stereocenters. The Labute approximate surface area is 179 Å². The van der Waals surface area contributed by atoms with Gasteiger partial charge in [-0.2, -0.15) is 13.2 Å².